The number of rotatable bonds is 4. The Kier molecular flexibility index (Phi) is 5.18. The Labute approximate surface area is 114 Å². The maximum Gasteiger partial charge on any atom is 0.317 e. The van der Waals surface area contributed by atoms with Gasteiger partial charge < -0.3 is 14.7 Å². The molecule has 8 heteroatoms. The lowest BCUT2D eigenvalue weighted by molar-refractivity contribution is 0.201. The molecule has 0 unspecified atom stereocenters. The van der Waals surface area contributed by atoms with Gasteiger partial charge >= 0.3 is 6.03 Å². The van der Waals surface area contributed by atoms with Crippen LogP contribution in [0.4, 0.5) is 4.79 Å². The van der Waals surface area contributed by atoms with Crippen LogP contribution in [0.1, 0.15) is 11.7 Å². The standard InChI is InChI=1S/C10H16N4O2S2/c1-17-7-8-12-9(16-13-8)6-11-10(15)14-2-4-18-5-3-14/h2-7H2,1H3,(H,11,15). The molecule has 0 aliphatic carbocycles. The smallest absolute Gasteiger partial charge is 0.317 e. The lowest BCUT2D eigenvalue weighted by Gasteiger charge is -2.26. The third kappa shape index (κ3) is 3.81. The van der Waals surface area contributed by atoms with Crippen LogP contribution in [-0.4, -0.2) is 51.9 Å². The van der Waals surface area contributed by atoms with E-state index in [2.05, 4.69) is 15.5 Å². The van der Waals surface area contributed by atoms with Crippen molar-refractivity contribution in [2.75, 3.05) is 30.9 Å². The summed E-state index contributed by atoms with van der Waals surface area (Å²) < 4.78 is 5.04. The van der Waals surface area contributed by atoms with E-state index < -0.39 is 0 Å². The number of nitrogens with one attached hydrogen (secondary N) is 1. The molecule has 1 aromatic rings. The van der Waals surface area contributed by atoms with Crippen LogP contribution in [0.25, 0.3) is 0 Å². The summed E-state index contributed by atoms with van der Waals surface area (Å²) in [6.45, 7) is 1.90. The molecule has 1 aliphatic rings. The largest absolute Gasteiger partial charge is 0.337 e. The first kappa shape index (κ1) is 13.5. The van der Waals surface area contributed by atoms with E-state index in [0.29, 0.717) is 18.3 Å². The third-order valence-corrected chi connectivity index (χ3v) is 3.96. The van der Waals surface area contributed by atoms with Gasteiger partial charge in [-0.05, 0) is 6.26 Å². The van der Waals surface area contributed by atoms with E-state index in [1.165, 1.54) is 0 Å². The van der Waals surface area contributed by atoms with Crippen molar-refractivity contribution in [1.29, 1.82) is 0 Å². The molecule has 2 amide bonds. The molecule has 2 heterocycles. The number of carbonyl (C=O) groups excluding carboxylic acids is 1. The molecule has 0 bridgehead atoms. The minimum absolute atomic E-state index is 0.0556. The van der Waals surface area contributed by atoms with Crippen LogP contribution in [-0.2, 0) is 12.3 Å². The van der Waals surface area contributed by atoms with Crippen LogP contribution in [0, 0.1) is 0 Å². The Hall–Kier alpha value is -0.890. The van der Waals surface area contributed by atoms with E-state index in [1.807, 2.05) is 22.9 Å². The highest BCUT2D eigenvalue weighted by atomic mass is 32.2. The summed E-state index contributed by atoms with van der Waals surface area (Å²) in [5.41, 5.74) is 0. The van der Waals surface area contributed by atoms with Crippen molar-refractivity contribution in [1.82, 2.24) is 20.4 Å². The summed E-state index contributed by atoms with van der Waals surface area (Å²) in [5.74, 6) is 3.86. The van der Waals surface area contributed by atoms with Crippen molar-refractivity contribution in [3.05, 3.63) is 11.7 Å². The normalized spacial score (nSPS) is 15.7. The Morgan fingerprint density at radius 3 is 3.06 bits per heavy atom. The number of thioether (sulfide) groups is 2. The number of hydrogen-bond acceptors (Lipinski definition) is 6. The van der Waals surface area contributed by atoms with Crippen LogP contribution in [0.3, 0.4) is 0 Å². The van der Waals surface area contributed by atoms with Gasteiger partial charge in [0.25, 0.3) is 0 Å². The van der Waals surface area contributed by atoms with Gasteiger partial charge in [0.2, 0.25) is 5.89 Å². The maximum atomic E-state index is 11.8. The summed E-state index contributed by atoms with van der Waals surface area (Å²) in [4.78, 5) is 17.8. The van der Waals surface area contributed by atoms with Gasteiger partial charge in [-0.1, -0.05) is 5.16 Å². The second-order valence-corrected chi connectivity index (χ2v) is 5.89. The number of hydrogen-bond donors (Lipinski definition) is 1. The van der Waals surface area contributed by atoms with Crippen LogP contribution < -0.4 is 5.32 Å². The molecule has 6 nitrogen and oxygen atoms in total. The fraction of sp³-hybridized carbons (Fsp3) is 0.700. The lowest BCUT2D eigenvalue weighted by atomic mass is 10.5. The third-order valence-electron chi connectivity index (χ3n) is 2.47. The van der Waals surface area contributed by atoms with Gasteiger partial charge in [0.05, 0.1) is 12.3 Å². The van der Waals surface area contributed by atoms with Gasteiger partial charge in [0.15, 0.2) is 5.82 Å². The summed E-state index contributed by atoms with van der Waals surface area (Å²) in [5, 5.41) is 6.62. The first-order valence-corrected chi connectivity index (χ1v) is 8.25. The second-order valence-electron chi connectivity index (χ2n) is 3.80. The highest BCUT2D eigenvalue weighted by Gasteiger charge is 2.17. The number of urea groups is 1. The Bertz CT molecular complexity index is 393. The van der Waals surface area contributed by atoms with Crippen LogP contribution >= 0.6 is 23.5 Å². The molecular formula is C10H16N4O2S2. The van der Waals surface area contributed by atoms with Crippen LogP contribution in [0.15, 0.2) is 4.52 Å². The minimum atomic E-state index is -0.0556. The highest BCUT2D eigenvalue weighted by Crippen LogP contribution is 2.09. The first-order valence-electron chi connectivity index (χ1n) is 5.70. The van der Waals surface area contributed by atoms with Gasteiger partial charge in [-0.25, -0.2) is 4.79 Å². The number of aromatic nitrogens is 2. The average molecular weight is 288 g/mol. The van der Waals surface area contributed by atoms with Crippen molar-refractivity contribution < 1.29 is 9.32 Å². The molecule has 0 saturated carbocycles. The average Bonchev–Trinajstić information content (AvgIpc) is 2.85. The molecule has 0 aromatic carbocycles. The van der Waals surface area contributed by atoms with Gasteiger partial charge in [0.1, 0.15) is 0 Å². The van der Waals surface area contributed by atoms with Gasteiger partial charge in [-0.2, -0.15) is 28.5 Å². The van der Waals surface area contributed by atoms with Gasteiger partial charge in [-0.3, -0.25) is 0 Å². The molecule has 1 fully saturated rings. The predicted octanol–water partition coefficient (Wildman–Crippen LogP) is 1.19. The van der Waals surface area contributed by atoms with E-state index in [-0.39, 0.29) is 6.03 Å². The Morgan fingerprint density at radius 1 is 1.56 bits per heavy atom. The van der Waals surface area contributed by atoms with Crippen molar-refractivity contribution in [3.63, 3.8) is 0 Å². The molecule has 18 heavy (non-hydrogen) atoms. The van der Waals surface area contributed by atoms with E-state index in [0.717, 1.165) is 30.3 Å². The van der Waals surface area contributed by atoms with E-state index >= 15 is 0 Å². The fourth-order valence-electron chi connectivity index (χ4n) is 1.58. The zero-order valence-electron chi connectivity index (χ0n) is 10.2. The van der Waals surface area contributed by atoms with Gasteiger partial charge in [-0.15, -0.1) is 0 Å². The quantitative estimate of drug-likeness (QED) is 0.897. The van der Waals surface area contributed by atoms with Crippen molar-refractivity contribution in [3.8, 4) is 0 Å². The van der Waals surface area contributed by atoms with Crippen molar-refractivity contribution in [2.24, 2.45) is 0 Å². The molecule has 1 saturated heterocycles. The zero-order valence-corrected chi connectivity index (χ0v) is 11.9. The SMILES string of the molecule is CSCc1noc(CNC(=O)N2CCSCC2)n1. The molecular weight excluding hydrogens is 272 g/mol. The Morgan fingerprint density at radius 2 is 2.33 bits per heavy atom. The second kappa shape index (κ2) is 6.89. The molecule has 1 N–H and O–H groups in total. The van der Waals surface area contributed by atoms with E-state index in [1.54, 1.807) is 11.8 Å². The first-order chi connectivity index (χ1) is 8.79. The molecule has 2 rings (SSSR count). The minimum Gasteiger partial charge on any atom is -0.337 e. The lowest BCUT2D eigenvalue weighted by Crippen LogP contribution is -2.44. The zero-order chi connectivity index (χ0) is 12.8. The molecule has 100 valence electrons. The summed E-state index contributed by atoms with van der Waals surface area (Å²) >= 11 is 3.51. The van der Waals surface area contributed by atoms with Gasteiger partial charge in [0, 0.05) is 24.6 Å². The van der Waals surface area contributed by atoms with Crippen LogP contribution in [0.2, 0.25) is 0 Å². The topological polar surface area (TPSA) is 71.3 Å². The predicted molar refractivity (Wildman–Crippen MR) is 72.7 cm³/mol. The summed E-state index contributed by atoms with van der Waals surface area (Å²) in [7, 11) is 0. The van der Waals surface area contributed by atoms with E-state index in [4.69, 9.17) is 4.52 Å². The number of carbonyl (C=O) groups is 1. The van der Waals surface area contributed by atoms with E-state index in [9.17, 15) is 4.79 Å². The molecule has 1 aliphatic heterocycles. The molecule has 0 spiro atoms. The van der Waals surface area contributed by atoms with Crippen molar-refractivity contribution >= 4 is 29.6 Å². The summed E-state index contributed by atoms with van der Waals surface area (Å²) in [6.07, 6.45) is 1.98. The maximum absolute atomic E-state index is 11.8. The number of nitrogens with zero attached hydrogens (tertiary/aromatic N) is 3. The number of amides is 2. The molecule has 0 radical (unpaired) electrons. The molecule has 0 atom stereocenters. The Balaban J connectivity index is 1.77. The fourth-order valence-corrected chi connectivity index (χ4v) is 2.86. The van der Waals surface area contributed by atoms with Crippen molar-refractivity contribution in [2.45, 2.75) is 12.3 Å². The summed E-state index contributed by atoms with van der Waals surface area (Å²) in [6, 6.07) is -0.0556. The highest BCUT2D eigenvalue weighted by molar-refractivity contribution is 7.99. The van der Waals surface area contributed by atoms with Crippen LogP contribution in [0.5, 0.6) is 0 Å². The molecule has 1 aromatic heterocycles. The monoisotopic (exact) mass is 288 g/mol.